The van der Waals surface area contributed by atoms with E-state index in [2.05, 4.69) is 43.6 Å². The first kappa shape index (κ1) is 16.2. The Labute approximate surface area is 132 Å². The summed E-state index contributed by atoms with van der Waals surface area (Å²) in [7, 11) is 0. The third-order valence-electron chi connectivity index (χ3n) is 3.59. The highest BCUT2D eigenvalue weighted by Gasteiger charge is 2.39. The zero-order chi connectivity index (χ0) is 16.0. The summed E-state index contributed by atoms with van der Waals surface area (Å²) in [5, 5.41) is 0. The first-order chi connectivity index (χ1) is 9.51. The van der Waals surface area contributed by atoms with Crippen molar-refractivity contribution in [3.8, 4) is 0 Å². The molecule has 1 aliphatic heterocycles. The van der Waals surface area contributed by atoms with Crippen LogP contribution in [0.2, 0.25) is 0 Å². The van der Waals surface area contributed by atoms with Crippen LogP contribution >= 0.6 is 12.2 Å². The second-order valence-corrected chi connectivity index (χ2v) is 7.52. The van der Waals surface area contributed by atoms with Gasteiger partial charge >= 0.3 is 0 Å². The van der Waals surface area contributed by atoms with E-state index in [1.165, 1.54) is 0 Å². The lowest BCUT2D eigenvalue weighted by Crippen LogP contribution is -2.57. The van der Waals surface area contributed by atoms with Gasteiger partial charge in [-0.15, -0.1) is 0 Å². The lowest BCUT2D eigenvalue weighted by Gasteiger charge is -2.48. The van der Waals surface area contributed by atoms with Crippen LogP contribution < -0.4 is 10.6 Å². The van der Waals surface area contributed by atoms with Crippen LogP contribution in [0.3, 0.4) is 0 Å². The molecule has 21 heavy (non-hydrogen) atoms. The number of pyridine rings is 1. The number of anilines is 1. The summed E-state index contributed by atoms with van der Waals surface area (Å²) >= 11 is 5.24. The van der Waals surface area contributed by atoms with Crippen molar-refractivity contribution in [2.75, 3.05) is 18.0 Å². The monoisotopic (exact) mass is 307 g/mol. The Balaban J connectivity index is 2.53. The maximum Gasteiger partial charge on any atom is 0.107 e. The maximum atomic E-state index is 6.15. The number of aryl methyl sites for hydroxylation is 2. The van der Waals surface area contributed by atoms with E-state index in [0.29, 0.717) is 4.99 Å². The van der Waals surface area contributed by atoms with Crippen LogP contribution in [0.25, 0.3) is 0 Å². The van der Waals surface area contributed by atoms with Gasteiger partial charge in [0.05, 0.1) is 22.5 Å². The fraction of sp³-hybridized carbons (Fsp3) is 0.625. The molecule has 1 aromatic rings. The van der Waals surface area contributed by atoms with Gasteiger partial charge in [0.1, 0.15) is 4.99 Å². The number of nitrogens with zero attached hydrogens (tertiary/aromatic N) is 2. The molecule has 5 heteroatoms. The lowest BCUT2D eigenvalue weighted by atomic mass is 9.97. The molecule has 1 aliphatic rings. The van der Waals surface area contributed by atoms with E-state index in [1.54, 1.807) is 0 Å². The summed E-state index contributed by atoms with van der Waals surface area (Å²) in [6, 6.07) is 2.07. The summed E-state index contributed by atoms with van der Waals surface area (Å²) < 4.78 is 6.15. The Hall–Kier alpha value is -1.20. The van der Waals surface area contributed by atoms with Crippen molar-refractivity contribution in [2.45, 2.75) is 52.7 Å². The standard InChI is InChI=1S/C16H25N3OS/c1-10-7-12(13(14(17)21)11(2)18-10)19-8-15(3,4)20-16(5,6)9-19/h7H,8-9H2,1-6H3,(H2,17,21). The molecular formula is C16H25N3OS. The molecule has 2 heterocycles. The molecule has 0 aliphatic carbocycles. The minimum absolute atomic E-state index is 0.222. The minimum atomic E-state index is -0.222. The number of aromatic nitrogens is 1. The summed E-state index contributed by atoms with van der Waals surface area (Å²) in [4.78, 5) is 7.22. The Bertz CT molecular complexity index is 565. The zero-order valence-corrected chi connectivity index (χ0v) is 14.6. The molecule has 0 atom stereocenters. The Kier molecular flexibility index (Phi) is 4.02. The Morgan fingerprint density at radius 3 is 2.24 bits per heavy atom. The second kappa shape index (κ2) is 5.21. The molecule has 2 rings (SSSR count). The van der Waals surface area contributed by atoms with Crippen molar-refractivity contribution >= 4 is 22.9 Å². The van der Waals surface area contributed by atoms with E-state index in [9.17, 15) is 0 Å². The molecule has 1 aromatic heterocycles. The van der Waals surface area contributed by atoms with Crippen LogP contribution in [0.4, 0.5) is 5.69 Å². The molecule has 1 saturated heterocycles. The Morgan fingerprint density at radius 1 is 1.24 bits per heavy atom. The first-order valence-electron chi connectivity index (χ1n) is 7.24. The maximum absolute atomic E-state index is 6.15. The number of nitrogens with two attached hydrogens (primary N) is 1. The number of rotatable bonds is 2. The largest absolute Gasteiger partial charge is 0.389 e. The SMILES string of the molecule is Cc1cc(N2CC(C)(C)OC(C)(C)C2)c(C(N)=S)c(C)n1. The van der Waals surface area contributed by atoms with Crippen molar-refractivity contribution in [1.82, 2.24) is 4.98 Å². The van der Waals surface area contributed by atoms with Crippen LogP contribution in [0.1, 0.15) is 44.6 Å². The fourth-order valence-corrected chi connectivity index (χ4v) is 3.57. The fourth-order valence-electron chi connectivity index (χ4n) is 3.32. The third-order valence-corrected chi connectivity index (χ3v) is 3.79. The molecule has 4 nitrogen and oxygen atoms in total. The van der Waals surface area contributed by atoms with Crippen LogP contribution in [0, 0.1) is 13.8 Å². The summed E-state index contributed by atoms with van der Waals surface area (Å²) in [6.07, 6.45) is 0. The Morgan fingerprint density at radius 2 is 1.76 bits per heavy atom. The van der Waals surface area contributed by atoms with Gasteiger partial charge in [-0.2, -0.15) is 0 Å². The van der Waals surface area contributed by atoms with Crippen LogP contribution in [0.15, 0.2) is 6.07 Å². The van der Waals surface area contributed by atoms with Crippen molar-refractivity contribution in [3.05, 3.63) is 23.0 Å². The van der Waals surface area contributed by atoms with E-state index in [4.69, 9.17) is 22.7 Å². The van der Waals surface area contributed by atoms with Gasteiger partial charge in [-0.3, -0.25) is 4.98 Å². The highest BCUT2D eigenvalue weighted by Crippen LogP contribution is 2.34. The second-order valence-electron chi connectivity index (χ2n) is 7.08. The van der Waals surface area contributed by atoms with E-state index < -0.39 is 0 Å². The smallest absolute Gasteiger partial charge is 0.107 e. The van der Waals surface area contributed by atoms with Crippen molar-refractivity contribution < 1.29 is 4.74 Å². The van der Waals surface area contributed by atoms with E-state index >= 15 is 0 Å². The van der Waals surface area contributed by atoms with Gasteiger partial charge in [0.2, 0.25) is 0 Å². The van der Waals surface area contributed by atoms with Gasteiger partial charge in [0, 0.05) is 24.5 Å². The molecular weight excluding hydrogens is 282 g/mol. The minimum Gasteiger partial charge on any atom is -0.389 e. The van der Waals surface area contributed by atoms with Crippen molar-refractivity contribution in [3.63, 3.8) is 0 Å². The molecule has 2 N–H and O–H groups in total. The molecule has 1 fully saturated rings. The van der Waals surface area contributed by atoms with E-state index in [1.807, 2.05) is 13.8 Å². The number of morpholine rings is 1. The van der Waals surface area contributed by atoms with E-state index in [-0.39, 0.29) is 11.2 Å². The molecule has 0 amide bonds. The number of thiocarbonyl (C=S) groups is 1. The van der Waals surface area contributed by atoms with Crippen molar-refractivity contribution in [1.29, 1.82) is 0 Å². The molecule has 0 unspecified atom stereocenters. The highest BCUT2D eigenvalue weighted by molar-refractivity contribution is 7.80. The van der Waals surface area contributed by atoms with Gasteiger partial charge in [-0.25, -0.2) is 0 Å². The van der Waals surface area contributed by atoms with Crippen LogP contribution in [-0.2, 0) is 4.74 Å². The third kappa shape index (κ3) is 3.52. The van der Waals surface area contributed by atoms with Gasteiger partial charge < -0.3 is 15.4 Å². The summed E-state index contributed by atoms with van der Waals surface area (Å²) in [5.41, 5.74) is 9.31. The van der Waals surface area contributed by atoms with Crippen LogP contribution in [-0.4, -0.2) is 34.3 Å². The molecule has 0 spiro atoms. The number of hydrogen-bond acceptors (Lipinski definition) is 4. The highest BCUT2D eigenvalue weighted by atomic mass is 32.1. The topological polar surface area (TPSA) is 51.4 Å². The molecule has 0 bridgehead atoms. The van der Waals surface area contributed by atoms with Gasteiger partial charge in [0.15, 0.2) is 0 Å². The number of hydrogen-bond donors (Lipinski definition) is 1. The number of ether oxygens (including phenoxy) is 1. The molecule has 0 saturated carbocycles. The van der Waals surface area contributed by atoms with Gasteiger partial charge in [-0.05, 0) is 47.6 Å². The van der Waals surface area contributed by atoms with Gasteiger partial charge in [0.25, 0.3) is 0 Å². The normalized spacial score (nSPS) is 20.4. The first-order valence-corrected chi connectivity index (χ1v) is 7.65. The summed E-state index contributed by atoms with van der Waals surface area (Å²) in [6.45, 7) is 14.0. The molecule has 0 radical (unpaired) electrons. The zero-order valence-electron chi connectivity index (χ0n) is 13.8. The van der Waals surface area contributed by atoms with Crippen molar-refractivity contribution in [2.24, 2.45) is 5.73 Å². The predicted octanol–water partition coefficient (Wildman–Crippen LogP) is 2.73. The van der Waals surface area contributed by atoms with E-state index in [0.717, 1.165) is 35.7 Å². The average molecular weight is 307 g/mol. The van der Waals surface area contributed by atoms with Gasteiger partial charge in [-0.1, -0.05) is 12.2 Å². The molecule has 116 valence electrons. The molecule has 0 aromatic carbocycles. The quantitative estimate of drug-likeness (QED) is 0.851. The van der Waals surface area contributed by atoms with Crippen LogP contribution in [0.5, 0.6) is 0 Å². The lowest BCUT2D eigenvalue weighted by molar-refractivity contribution is -0.133. The average Bonchev–Trinajstić information content (AvgIpc) is 2.22. The predicted molar refractivity (Wildman–Crippen MR) is 91.1 cm³/mol. The summed E-state index contributed by atoms with van der Waals surface area (Å²) in [5.74, 6) is 0.